The van der Waals surface area contributed by atoms with Gasteiger partial charge in [0, 0.05) is 12.3 Å². The summed E-state index contributed by atoms with van der Waals surface area (Å²) in [6.45, 7) is 1.15. The number of primary amides is 1. The van der Waals surface area contributed by atoms with E-state index in [0.717, 1.165) is 31.4 Å². The minimum atomic E-state index is -3.88. The molecule has 130 valence electrons. The Balaban J connectivity index is 3.09. The predicted octanol–water partition coefficient (Wildman–Crippen LogP) is -0.261. The Labute approximate surface area is 135 Å². The van der Waals surface area contributed by atoms with Crippen LogP contribution in [0.1, 0.15) is 17.3 Å². The third-order valence-electron chi connectivity index (χ3n) is 2.69. The van der Waals surface area contributed by atoms with Gasteiger partial charge in [0.2, 0.25) is 0 Å². The van der Waals surface area contributed by atoms with Gasteiger partial charge in [-0.3, -0.25) is 20.2 Å². The number of ether oxygens (including phenoxy) is 1. The van der Waals surface area contributed by atoms with Crippen molar-refractivity contribution in [3.05, 3.63) is 33.9 Å². The van der Waals surface area contributed by atoms with E-state index in [1.807, 2.05) is 0 Å². The summed E-state index contributed by atoms with van der Waals surface area (Å²) in [6.07, 6.45) is -0.623. The summed E-state index contributed by atoms with van der Waals surface area (Å²) in [5, 5.41) is 12.7. The number of nitrogens with zero attached hydrogens (tertiary/aromatic N) is 1. The largest absolute Gasteiger partial charge is 0.449 e. The molecular formula is C12H13N3O8S. The normalized spacial score (nSPS) is 12.1. The third-order valence-corrected chi connectivity index (χ3v) is 3.83. The molecule has 1 aromatic rings. The Hall–Kier alpha value is -3.02. The van der Waals surface area contributed by atoms with E-state index in [9.17, 15) is 32.9 Å². The maximum Gasteiger partial charge on any atom is 0.339 e. The summed E-state index contributed by atoms with van der Waals surface area (Å²) in [4.78, 5) is 43.3. The van der Waals surface area contributed by atoms with Gasteiger partial charge in [0.15, 0.2) is 15.9 Å². The molecule has 0 saturated carbocycles. The van der Waals surface area contributed by atoms with Gasteiger partial charge in [-0.15, -0.1) is 0 Å². The molecule has 0 bridgehead atoms. The zero-order valence-corrected chi connectivity index (χ0v) is 13.3. The summed E-state index contributed by atoms with van der Waals surface area (Å²) in [5.74, 6) is -2.11. The van der Waals surface area contributed by atoms with Gasteiger partial charge in [-0.25, -0.2) is 18.0 Å². The van der Waals surface area contributed by atoms with Crippen LogP contribution >= 0.6 is 0 Å². The number of carbonyl (C=O) groups excluding carboxylic acids is 3. The van der Waals surface area contributed by atoms with Crippen LogP contribution in [0.3, 0.4) is 0 Å². The van der Waals surface area contributed by atoms with Crippen LogP contribution in [0, 0.1) is 10.1 Å². The van der Waals surface area contributed by atoms with E-state index < -0.39 is 49.4 Å². The van der Waals surface area contributed by atoms with Crippen molar-refractivity contribution in [2.24, 2.45) is 5.73 Å². The van der Waals surface area contributed by atoms with E-state index in [0.29, 0.717) is 0 Å². The van der Waals surface area contributed by atoms with Crippen LogP contribution in [-0.4, -0.2) is 43.6 Å². The molecule has 3 amide bonds. The van der Waals surface area contributed by atoms with Crippen LogP contribution < -0.4 is 11.1 Å². The Morgan fingerprint density at radius 1 is 1.33 bits per heavy atom. The number of rotatable bonds is 5. The lowest BCUT2D eigenvalue weighted by molar-refractivity contribution is -0.387. The highest BCUT2D eigenvalue weighted by molar-refractivity contribution is 7.90. The minimum Gasteiger partial charge on any atom is -0.449 e. The number of benzene rings is 1. The van der Waals surface area contributed by atoms with E-state index >= 15 is 0 Å². The number of esters is 1. The first-order chi connectivity index (χ1) is 10.9. The van der Waals surface area contributed by atoms with Crippen molar-refractivity contribution in [1.82, 2.24) is 5.32 Å². The highest BCUT2D eigenvalue weighted by atomic mass is 32.2. The van der Waals surface area contributed by atoms with Crippen LogP contribution in [0.25, 0.3) is 0 Å². The quantitative estimate of drug-likeness (QED) is 0.410. The second-order valence-electron chi connectivity index (χ2n) is 4.61. The number of hydrogen-bond donors (Lipinski definition) is 2. The molecule has 1 aromatic carbocycles. The summed E-state index contributed by atoms with van der Waals surface area (Å²) < 4.78 is 27.7. The summed E-state index contributed by atoms with van der Waals surface area (Å²) >= 11 is 0. The second-order valence-corrected chi connectivity index (χ2v) is 6.60. The van der Waals surface area contributed by atoms with E-state index in [4.69, 9.17) is 10.5 Å². The number of carbonyl (C=O) groups is 3. The third kappa shape index (κ3) is 4.74. The molecule has 24 heavy (non-hydrogen) atoms. The van der Waals surface area contributed by atoms with Crippen LogP contribution in [0.4, 0.5) is 10.5 Å². The van der Waals surface area contributed by atoms with Crippen molar-refractivity contribution in [3.8, 4) is 0 Å². The monoisotopic (exact) mass is 359 g/mol. The molecule has 0 aliphatic heterocycles. The molecule has 3 N–H and O–H groups in total. The van der Waals surface area contributed by atoms with Crippen molar-refractivity contribution in [1.29, 1.82) is 0 Å². The highest BCUT2D eigenvalue weighted by Gasteiger charge is 2.26. The number of imide groups is 1. The fourth-order valence-corrected chi connectivity index (χ4v) is 2.43. The Kier molecular flexibility index (Phi) is 5.58. The zero-order chi connectivity index (χ0) is 18.7. The number of nitro benzene ring substituents is 1. The molecule has 11 nitrogen and oxygen atoms in total. The lowest BCUT2D eigenvalue weighted by Gasteiger charge is -2.12. The van der Waals surface area contributed by atoms with E-state index in [1.54, 1.807) is 5.32 Å². The van der Waals surface area contributed by atoms with Crippen LogP contribution in [-0.2, 0) is 19.4 Å². The molecule has 12 heteroatoms. The van der Waals surface area contributed by atoms with Gasteiger partial charge in [-0.05, 0) is 19.1 Å². The first-order valence-corrected chi connectivity index (χ1v) is 8.12. The van der Waals surface area contributed by atoms with Crippen molar-refractivity contribution in [2.45, 2.75) is 17.9 Å². The molecule has 1 atom stereocenters. The van der Waals surface area contributed by atoms with Crippen molar-refractivity contribution in [3.63, 3.8) is 0 Å². The Morgan fingerprint density at radius 2 is 1.92 bits per heavy atom. The second kappa shape index (κ2) is 7.04. The maximum absolute atomic E-state index is 11.9. The molecule has 0 unspecified atom stereocenters. The van der Waals surface area contributed by atoms with Gasteiger partial charge in [-0.2, -0.15) is 0 Å². The fraction of sp³-hybridized carbons (Fsp3) is 0.250. The van der Waals surface area contributed by atoms with Gasteiger partial charge < -0.3 is 10.5 Å². The number of urea groups is 1. The average molecular weight is 359 g/mol. The van der Waals surface area contributed by atoms with Gasteiger partial charge in [0.05, 0.1) is 10.5 Å². The zero-order valence-electron chi connectivity index (χ0n) is 12.5. The van der Waals surface area contributed by atoms with Crippen LogP contribution in [0.15, 0.2) is 23.1 Å². The van der Waals surface area contributed by atoms with E-state index in [-0.39, 0.29) is 5.56 Å². The number of hydrogen-bond acceptors (Lipinski definition) is 8. The number of amides is 3. The first kappa shape index (κ1) is 19.0. The maximum atomic E-state index is 11.9. The van der Waals surface area contributed by atoms with Gasteiger partial charge >= 0.3 is 12.0 Å². The smallest absolute Gasteiger partial charge is 0.339 e. The molecular weight excluding hydrogens is 346 g/mol. The van der Waals surface area contributed by atoms with Gasteiger partial charge in [-0.1, -0.05) is 0 Å². The molecule has 0 saturated heterocycles. The SMILES string of the molecule is C[C@@H](OC(=O)c1ccc(S(C)(=O)=O)c([N+](=O)[O-])c1)C(=O)NC(N)=O. The predicted molar refractivity (Wildman–Crippen MR) is 78.8 cm³/mol. The fourth-order valence-electron chi connectivity index (χ4n) is 1.61. The molecule has 0 heterocycles. The van der Waals surface area contributed by atoms with Gasteiger partial charge in [0.1, 0.15) is 4.90 Å². The molecule has 0 fully saturated rings. The molecule has 0 aromatic heterocycles. The summed E-state index contributed by atoms with van der Waals surface area (Å²) in [7, 11) is -3.88. The molecule has 0 aliphatic rings. The topological polar surface area (TPSA) is 176 Å². The summed E-state index contributed by atoms with van der Waals surface area (Å²) in [5.41, 5.74) is 3.60. The number of nitro groups is 1. The number of sulfone groups is 1. The molecule has 0 radical (unpaired) electrons. The lowest BCUT2D eigenvalue weighted by atomic mass is 10.2. The van der Waals surface area contributed by atoms with Crippen LogP contribution in [0.2, 0.25) is 0 Å². The number of nitrogens with two attached hydrogens (primary N) is 1. The number of nitrogens with one attached hydrogen (secondary N) is 1. The van der Waals surface area contributed by atoms with Crippen molar-refractivity contribution in [2.75, 3.05) is 6.26 Å². The van der Waals surface area contributed by atoms with E-state index in [1.165, 1.54) is 0 Å². The average Bonchev–Trinajstić information content (AvgIpc) is 2.44. The molecule has 0 spiro atoms. The van der Waals surface area contributed by atoms with Crippen molar-refractivity contribution < 1.29 is 32.5 Å². The lowest BCUT2D eigenvalue weighted by Crippen LogP contribution is -2.42. The van der Waals surface area contributed by atoms with Crippen LogP contribution in [0.5, 0.6) is 0 Å². The Bertz CT molecular complexity index is 818. The Morgan fingerprint density at radius 3 is 2.38 bits per heavy atom. The first-order valence-electron chi connectivity index (χ1n) is 6.23. The minimum absolute atomic E-state index is 0.340. The van der Waals surface area contributed by atoms with E-state index in [2.05, 4.69) is 0 Å². The highest BCUT2D eigenvalue weighted by Crippen LogP contribution is 2.25. The van der Waals surface area contributed by atoms with Crippen molar-refractivity contribution >= 4 is 33.4 Å². The van der Waals surface area contributed by atoms with Gasteiger partial charge in [0.25, 0.3) is 11.6 Å². The standard InChI is InChI=1S/C12H13N3O8S/c1-6(10(16)14-12(13)18)23-11(17)7-3-4-9(24(2,21)22)8(5-7)15(19)20/h3-6H,1-2H3,(H3,13,14,16,18)/t6-/m1/s1. The molecule has 0 aliphatic carbocycles. The summed E-state index contributed by atoms with van der Waals surface area (Å²) in [6, 6.07) is 1.47. The molecule has 1 rings (SSSR count).